The topological polar surface area (TPSA) is 27.1 Å². The number of hydrogen-bond donors (Lipinski definition) is 0. The molecule has 0 saturated heterocycles. The highest BCUT2D eigenvalue weighted by Gasteiger charge is 2.16. The summed E-state index contributed by atoms with van der Waals surface area (Å²) in [5.41, 5.74) is 1.84. The molecule has 0 atom stereocenters. The molecule has 2 aromatic carbocycles. The van der Waals surface area contributed by atoms with Gasteiger partial charge in [0.25, 0.3) is 0 Å². The summed E-state index contributed by atoms with van der Waals surface area (Å²) in [4.78, 5) is 3.99. The first kappa shape index (κ1) is 13.5. The third kappa shape index (κ3) is 2.24. The highest BCUT2D eigenvalue weighted by molar-refractivity contribution is 5.88. The number of benzene rings is 2. The molecule has 0 fully saturated rings. The lowest BCUT2D eigenvalue weighted by Gasteiger charge is -2.13. The number of aryl methyl sites for hydroxylation is 1. The van der Waals surface area contributed by atoms with Crippen molar-refractivity contribution in [3.05, 3.63) is 59.7 Å². The van der Waals surface area contributed by atoms with Gasteiger partial charge in [-0.2, -0.15) is 0 Å². The Morgan fingerprint density at radius 1 is 1.24 bits per heavy atom. The number of hydrogen-bond acceptors (Lipinski definition) is 2. The van der Waals surface area contributed by atoms with Gasteiger partial charge in [0.1, 0.15) is 0 Å². The van der Waals surface area contributed by atoms with E-state index in [-0.39, 0.29) is 5.75 Å². The van der Waals surface area contributed by atoms with Gasteiger partial charge in [0, 0.05) is 24.3 Å². The fraction of sp³-hybridized carbons (Fsp3) is 0.188. The Balaban J connectivity index is 2.17. The van der Waals surface area contributed by atoms with Crippen LogP contribution in [-0.2, 0) is 6.54 Å². The third-order valence-corrected chi connectivity index (χ3v) is 3.67. The third-order valence-electron chi connectivity index (χ3n) is 3.67. The predicted molar refractivity (Wildman–Crippen MR) is 76.5 cm³/mol. The van der Waals surface area contributed by atoms with Gasteiger partial charge in [-0.1, -0.05) is 12.1 Å². The molecular weight excluding hydrogens is 274 g/mol. The zero-order chi connectivity index (χ0) is 15.0. The number of fused-ring (bicyclic) bond motifs is 1. The van der Waals surface area contributed by atoms with E-state index in [4.69, 9.17) is 4.74 Å². The molecule has 5 heteroatoms. The molecular formula is C16H14F2N2O. The Bertz CT molecular complexity index is 798. The number of rotatable bonds is 3. The quantitative estimate of drug-likeness (QED) is 0.735. The van der Waals surface area contributed by atoms with Crippen LogP contribution in [0.3, 0.4) is 0 Å². The van der Waals surface area contributed by atoms with E-state index in [9.17, 15) is 8.78 Å². The van der Waals surface area contributed by atoms with Crippen molar-refractivity contribution >= 4 is 10.8 Å². The Hall–Kier alpha value is -2.43. The van der Waals surface area contributed by atoms with E-state index < -0.39 is 11.6 Å². The lowest BCUT2D eigenvalue weighted by atomic mass is 9.99. The highest BCUT2D eigenvalue weighted by Crippen LogP contribution is 2.32. The molecule has 0 spiro atoms. The molecule has 0 saturated carbocycles. The highest BCUT2D eigenvalue weighted by atomic mass is 19.1. The van der Waals surface area contributed by atoms with Crippen molar-refractivity contribution in [1.82, 2.24) is 9.55 Å². The second-order valence-electron chi connectivity index (χ2n) is 4.89. The number of imidazole rings is 1. The summed E-state index contributed by atoms with van der Waals surface area (Å²) < 4.78 is 34.8. The normalized spacial score (nSPS) is 11.0. The summed E-state index contributed by atoms with van der Waals surface area (Å²) in [6.45, 7) is 2.47. The minimum atomic E-state index is -0.689. The van der Waals surface area contributed by atoms with E-state index in [2.05, 4.69) is 4.98 Å². The van der Waals surface area contributed by atoms with Crippen LogP contribution in [0.1, 0.15) is 11.1 Å². The van der Waals surface area contributed by atoms with Crippen LogP contribution in [0.4, 0.5) is 8.78 Å². The molecule has 0 aliphatic heterocycles. The number of methoxy groups -OCH3 is 1. The van der Waals surface area contributed by atoms with E-state index in [0.29, 0.717) is 17.3 Å². The maximum atomic E-state index is 14.2. The molecule has 0 bridgehead atoms. The van der Waals surface area contributed by atoms with Gasteiger partial charge in [-0.15, -0.1) is 0 Å². The van der Waals surface area contributed by atoms with Crippen LogP contribution in [0, 0.1) is 18.6 Å². The summed E-state index contributed by atoms with van der Waals surface area (Å²) in [6, 6.07) is 4.83. The van der Waals surface area contributed by atoms with Crippen LogP contribution >= 0.6 is 0 Å². The smallest absolute Gasteiger partial charge is 0.191 e. The van der Waals surface area contributed by atoms with Crippen molar-refractivity contribution in [1.29, 1.82) is 0 Å². The lowest BCUT2D eigenvalue weighted by molar-refractivity contribution is 0.362. The molecule has 3 rings (SSSR count). The molecule has 0 amide bonds. The molecule has 0 unspecified atom stereocenters. The molecule has 0 N–H and O–H groups in total. The van der Waals surface area contributed by atoms with Crippen LogP contribution < -0.4 is 4.74 Å². The maximum absolute atomic E-state index is 14.2. The van der Waals surface area contributed by atoms with Gasteiger partial charge < -0.3 is 9.30 Å². The van der Waals surface area contributed by atoms with Gasteiger partial charge in [-0.3, -0.25) is 0 Å². The van der Waals surface area contributed by atoms with E-state index in [1.54, 1.807) is 18.6 Å². The minimum absolute atomic E-state index is 0.343. The number of halogens is 2. The fourth-order valence-electron chi connectivity index (χ4n) is 2.51. The molecule has 3 nitrogen and oxygen atoms in total. The van der Waals surface area contributed by atoms with Crippen molar-refractivity contribution in [3.8, 4) is 5.75 Å². The second kappa shape index (κ2) is 5.16. The summed E-state index contributed by atoms with van der Waals surface area (Å²) in [7, 11) is 1.26. The van der Waals surface area contributed by atoms with Crippen LogP contribution in [0.15, 0.2) is 36.9 Å². The van der Waals surface area contributed by atoms with E-state index in [1.807, 2.05) is 23.8 Å². The largest absolute Gasteiger partial charge is 0.491 e. The van der Waals surface area contributed by atoms with Gasteiger partial charge in [0.2, 0.25) is 0 Å². The predicted octanol–water partition coefficient (Wildman–Crippen LogP) is 3.68. The summed E-state index contributed by atoms with van der Waals surface area (Å²) in [5.74, 6) is -1.69. The first-order chi connectivity index (χ1) is 10.1. The number of nitrogens with zero attached hydrogens (tertiary/aromatic N) is 2. The van der Waals surface area contributed by atoms with E-state index >= 15 is 0 Å². The average molecular weight is 288 g/mol. The van der Waals surface area contributed by atoms with Crippen molar-refractivity contribution in [2.45, 2.75) is 13.5 Å². The van der Waals surface area contributed by atoms with Gasteiger partial charge >= 0.3 is 0 Å². The molecule has 1 heterocycles. The molecule has 108 valence electrons. The minimum Gasteiger partial charge on any atom is -0.491 e. The first-order valence-electron chi connectivity index (χ1n) is 6.51. The zero-order valence-corrected chi connectivity index (χ0v) is 11.7. The van der Waals surface area contributed by atoms with Gasteiger partial charge in [-0.25, -0.2) is 13.8 Å². The summed E-state index contributed by atoms with van der Waals surface area (Å²) >= 11 is 0. The Morgan fingerprint density at radius 3 is 2.71 bits per heavy atom. The van der Waals surface area contributed by atoms with Crippen LogP contribution in [-0.4, -0.2) is 16.7 Å². The van der Waals surface area contributed by atoms with Gasteiger partial charge in [0.15, 0.2) is 17.4 Å². The molecule has 0 aliphatic rings. The molecule has 3 aromatic rings. The van der Waals surface area contributed by atoms with Gasteiger partial charge in [0.05, 0.1) is 13.4 Å². The Morgan fingerprint density at radius 2 is 2.05 bits per heavy atom. The zero-order valence-electron chi connectivity index (χ0n) is 11.7. The summed E-state index contributed by atoms with van der Waals surface area (Å²) in [5, 5.41) is 0.920. The van der Waals surface area contributed by atoms with Crippen LogP contribution in [0.25, 0.3) is 10.8 Å². The monoisotopic (exact) mass is 288 g/mol. The van der Waals surface area contributed by atoms with Gasteiger partial charge in [-0.05, 0) is 29.5 Å². The summed E-state index contributed by atoms with van der Waals surface area (Å²) in [6.07, 6.45) is 5.25. The van der Waals surface area contributed by atoms with E-state index in [0.717, 1.165) is 11.1 Å². The molecule has 0 radical (unpaired) electrons. The van der Waals surface area contributed by atoms with Crippen molar-refractivity contribution in [2.75, 3.05) is 7.11 Å². The first-order valence-corrected chi connectivity index (χ1v) is 6.51. The standard InChI is InChI=1S/C16H14F2N2O/c1-10-11(8-20-6-5-19-9-20)3-4-12-13(10)7-14(17)16(21-2)15(12)18/h3-7,9H,8H2,1-2H3. The Labute approximate surface area is 120 Å². The van der Waals surface area contributed by atoms with E-state index in [1.165, 1.54) is 13.2 Å². The van der Waals surface area contributed by atoms with Crippen LogP contribution in [0.2, 0.25) is 0 Å². The van der Waals surface area contributed by atoms with Crippen LogP contribution in [0.5, 0.6) is 5.75 Å². The lowest BCUT2D eigenvalue weighted by Crippen LogP contribution is -2.01. The maximum Gasteiger partial charge on any atom is 0.191 e. The molecule has 21 heavy (non-hydrogen) atoms. The second-order valence-corrected chi connectivity index (χ2v) is 4.89. The van der Waals surface area contributed by atoms with Crippen molar-refractivity contribution < 1.29 is 13.5 Å². The number of ether oxygens (including phenoxy) is 1. The molecule has 1 aromatic heterocycles. The fourth-order valence-corrected chi connectivity index (χ4v) is 2.51. The number of aromatic nitrogens is 2. The average Bonchev–Trinajstić information content (AvgIpc) is 2.96. The molecule has 0 aliphatic carbocycles. The SMILES string of the molecule is COc1c(F)cc2c(C)c(Cn3ccnc3)ccc2c1F. The Kier molecular flexibility index (Phi) is 3.33. The van der Waals surface area contributed by atoms with Crippen molar-refractivity contribution in [3.63, 3.8) is 0 Å². The van der Waals surface area contributed by atoms with Crippen molar-refractivity contribution in [2.24, 2.45) is 0 Å².